The van der Waals surface area contributed by atoms with Crippen LogP contribution >= 0.6 is 0 Å². The summed E-state index contributed by atoms with van der Waals surface area (Å²) in [7, 11) is 0. The molecule has 1 fully saturated rings. The summed E-state index contributed by atoms with van der Waals surface area (Å²) in [5.74, 6) is 0. The van der Waals surface area contributed by atoms with E-state index in [1.807, 2.05) is 0 Å². The van der Waals surface area contributed by atoms with Gasteiger partial charge in [-0.1, -0.05) is 0 Å². The average molecular weight is 185 g/mol. The molecule has 0 aromatic heterocycles. The predicted molar refractivity (Wildman–Crippen MR) is 57.5 cm³/mol. The van der Waals surface area contributed by atoms with Crippen LogP contribution in [0.3, 0.4) is 0 Å². The summed E-state index contributed by atoms with van der Waals surface area (Å²) in [6.45, 7) is 15.8. The molecular weight excluding hydrogens is 160 g/mol. The Morgan fingerprint density at radius 1 is 1.23 bits per heavy atom. The molecule has 0 aromatic rings. The number of quaternary nitrogens is 1. The van der Waals surface area contributed by atoms with Gasteiger partial charge >= 0.3 is 0 Å². The first-order valence-electron chi connectivity index (χ1n) is 5.72. The lowest BCUT2D eigenvalue weighted by molar-refractivity contribution is -0.940. The van der Waals surface area contributed by atoms with Crippen molar-refractivity contribution in [1.29, 1.82) is 0 Å². The summed E-state index contributed by atoms with van der Waals surface area (Å²) in [5, 5.41) is 0. The van der Waals surface area contributed by atoms with Crippen molar-refractivity contribution < 1.29 is 4.48 Å². The van der Waals surface area contributed by atoms with E-state index in [2.05, 4.69) is 32.6 Å². The van der Waals surface area contributed by atoms with Crippen molar-refractivity contribution in [3.8, 4) is 0 Å². The van der Waals surface area contributed by atoms with Crippen LogP contribution < -0.4 is 0 Å². The van der Waals surface area contributed by atoms with E-state index < -0.39 is 0 Å². The van der Waals surface area contributed by atoms with Crippen LogP contribution in [-0.2, 0) is 0 Å². The van der Waals surface area contributed by atoms with E-state index in [0.29, 0.717) is 0 Å². The molecule has 78 valence electrons. The molecule has 0 N–H and O–H groups in total. The summed E-state index contributed by atoms with van der Waals surface area (Å²) in [4.78, 5) is 2.62. The van der Waals surface area contributed by atoms with E-state index in [-0.39, 0.29) is 0 Å². The van der Waals surface area contributed by atoms with Gasteiger partial charge in [-0.25, -0.2) is 0 Å². The molecule has 1 rings (SSSR count). The molecule has 0 atom stereocenters. The highest BCUT2D eigenvalue weighted by atomic mass is 15.5. The molecule has 0 amide bonds. The van der Waals surface area contributed by atoms with Crippen LogP contribution in [0.4, 0.5) is 0 Å². The van der Waals surface area contributed by atoms with Crippen molar-refractivity contribution in [2.75, 3.05) is 32.8 Å². The monoisotopic (exact) mass is 185 g/mol. The average Bonchev–Trinajstić information content (AvgIpc) is 2.18. The zero-order valence-electron chi connectivity index (χ0n) is 9.71. The summed E-state index contributed by atoms with van der Waals surface area (Å²) in [5.41, 5.74) is 0. The second-order valence-corrected chi connectivity index (χ2v) is 4.60. The van der Waals surface area contributed by atoms with E-state index in [0.717, 1.165) is 6.04 Å². The van der Waals surface area contributed by atoms with Gasteiger partial charge in [0.25, 0.3) is 0 Å². The van der Waals surface area contributed by atoms with Crippen LogP contribution in [0.1, 0.15) is 34.1 Å². The van der Waals surface area contributed by atoms with Gasteiger partial charge in [-0.05, 0) is 27.7 Å². The number of hydrogen-bond acceptors (Lipinski definition) is 1. The fourth-order valence-corrected chi connectivity index (χ4v) is 2.30. The molecule has 0 aliphatic carbocycles. The third kappa shape index (κ3) is 2.44. The quantitative estimate of drug-likeness (QED) is 0.607. The number of hydrogen-bond donors (Lipinski definition) is 0. The van der Waals surface area contributed by atoms with Crippen molar-refractivity contribution in [2.45, 2.75) is 40.2 Å². The standard InChI is InChI=1S/C11H25N2/c1-5-13(6-2)9-7-8-12(10-13)11(3)4/h11H,5-10H2,1-4H3/q+1. The van der Waals surface area contributed by atoms with Crippen molar-refractivity contribution in [3.63, 3.8) is 0 Å². The molecule has 0 radical (unpaired) electrons. The van der Waals surface area contributed by atoms with Gasteiger partial charge in [0, 0.05) is 19.0 Å². The van der Waals surface area contributed by atoms with Crippen LogP contribution in [0, 0.1) is 0 Å². The van der Waals surface area contributed by atoms with E-state index >= 15 is 0 Å². The first-order valence-corrected chi connectivity index (χ1v) is 5.72. The predicted octanol–water partition coefficient (Wildman–Crippen LogP) is 1.91. The van der Waals surface area contributed by atoms with Gasteiger partial charge in [-0.2, -0.15) is 0 Å². The Morgan fingerprint density at radius 3 is 2.31 bits per heavy atom. The highest BCUT2D eigenvalue weighted by Crippen LogP contribution is 2.17. The maximum Gasteiger partial charge on any atom is 0.135 e. The molecule has 13 heavy (non-hydrogen) atoms. The van der Waals surface area contributed by atoms with Crippen LogP contribution in [-0.4, -0.2) is 48.3 Å². The lowest BCUT2D eigenvalue weighted by atomic mass is 10.2. The number of nitrogens with zero attached hydrogens (tertiary/aromatic N) is 2. The molecular formula is C11H25N2+. The summed E-state index contributed by atoms with van der Waals surface area (Å²) in [6.07, 6.45) is 1.37. The van der Waals surface area contributed by atoms with Gasteiger partial charge in [0.2, 0.25) is 0 Å². The van der Waals surface area contributed by atoms with Crippen LogP contribution in [0.25, 0.3) is 0 Å². The van der Waals surface area contributed by atoms with Crippen LogP contribution in [0.2, 0.25) is 0 Å². The SMILES string of the molecule is CC[N+]1(CC)CCCN(C(C)C)C1. The highest BCUT2D eigenvalue weighted by Gasteiger charge is 2.31. The van der Waals surface area contributed by atoms with E-state index in [9.17, 15) is 0 Å². The smallest absolute Gasteiger partial charge is 0.135 e. The maximum atomic E-state index is 2.62. The Kier molecular flexibility index (Phi) is 3.74. The first-order chi connectivity index (χ1) is 6.13. The molecule has 0 spiro atoms. The van der Waals surface area contributed by atoms with Crippen molar-refractivity contribution in [2.24, 2.45) is 0 Å². The van der Waals surface area contributed by atoms with Crippen molar-refractivity contribution in [1.82, 2.24) is 4.90 Å². The lowest BCUT2D eigenvalue weighted by Gasteiger charge is -2.46. The largest absolute Gasteiger partial charge is 0.311 e. The third-order valence-electron chi connectivity index (χ3n) is 3.63. The molecule has 2 nitrogen and oxygen atoms in total. The Bertz CT molecular complexity index is 150. The molecule has 0 saturated carbocycles. The molecule has 2 heteroatoms. The normalized spacial score (nSPS) is 23.8. The lowest BCUT2D eigenvalue weighted by Crippen LogP contribution is -2.60. The summed E-state index contributed by atoms with van der Waals surface area (Å²) >= 11 is 0. The van der Waals surface area contributed by atoms with Crippen LogP contribution in [0.5, 0.6) is 0 Å². The molecule has 1 aliphatic heterocycles. The van der Waals surface area contributed by atoms with Crippen LogP contribution in [0.15, 0.2) is 0 Å². The zero-order valence-corrected chi connectivity index (χ0v) is 9.71. The molecule has 1 aliphatic rings. The van der Waals surface area contributed by atoms with E-state index in [4.69, 9.17) is 0 Å². The van der Waals surface area contributed by atoms with Gasteiger partial charge in [0.05, 0.1) is 19.6 Å². The van der Waals surface area contributed by atoms with Crippen molar-refractivity contribution in [3.05, 3.63) is 0 Å². The zero-order chi connectivity index (χ0) is 9.90. The summed E-state index contributed by atoms with van der Waals surface area (Å²) < 4.78 is 1.30. The topological polar surface area (TPSA) is 3.24 Å². The Balaban J connectivity index is 2.58. The van der Waals surface area contributed by atoms with Gasteiger partial charge < -0.3 is 4.48 Å². The summed E-state index contributed by atoms with van der Waals surface area (Å²) in [6, 6.07) is 0.718. The Hall–Kier alpha value is -0.0800. The minimum Gasteiger partial charge on any atom is -0.311 e. The Morgan fingerprint density at radius 2 is 1.85 bits per heavy atom. The minimum absolute atomic E-state index is 0.718. The minimum atomic E-state index is 0.718. The molecule has 0 aromatic carbocycles. The van der Waals surface area contributed by atoms with Gasteiger partial charge in [-0.3, -0.25) is 4.90 Å². The van der Waals surface area contributed by atoms with Gasteiger partial charge in [-0.15, -0.1) is 0 Å². The molecule has 1 heterocycles. The third-order valence-corrected chi connectivity index (χ3v) is 3.63. The maximum absolute atomic E-state index is 2.62. The Labute approximate surface area is 83.1 Å². The second-order valence-electron chi connectivity index (χ2n) is 4.60. The van der Waals surface area contributed by atoms with Gasteiger partial charge in [0.15, 0.2) is 0 Å². The molecule has 0 unspecified atom stereocenters. The first kappa shape index (κ1) is 11.0. The van der Waals surface area contributed by atoms with Gasteiger partial charge in [0.1, 0.15) is 6.67 Å². The number of rotatable bonds is 3. The molecule has 0 bridgehead atoms. The van der Waals surface area contributed by atoms with E-state index in [1.54, 1.807) is 0 Å². The second kappa shape index (κ2) is 4.43. The van der Waals surface area contributed by atoms with Crippen molar-refractivity contribution >= 4 is 0 Å². The molecule has 1 saturated heterocycles. The fourth-order valence-electron chi connectivity index (χ4n) is 2.30. The van der Waals surface area contributed by atoms with E-state index in [1.165, 1.54) is 43.8 Å². The fraction of sp³-hybridized carbons (Fsp3) is 1.00. The highest BCUT2D eigenvalue weighted by molar-refractivity contribution is 4.63.